The van der Waals surface area contributed by atoms with Gasteiger partial charge in [-0.3, -0.25) is 4.79 Å². The number of rotatable bonds is 36. The van der Waals surface area contributed by atoms with Gasteiger partial charge in [-0.2, -0.15) is 0 Å². The lowest BCUT2D eigenvalue weighted by atomic mass is 9.84. The summed E-state index contributed by atoms with van der Waals surface area (Å²) in [6, 6.07) is 77.0. The summed E-state index contributed by atoms with van der Waals surface area (Å²) in [5.41, 5.74) is 11.8. The molecule has 11 atom stereocenters. The summed E-state index contributed by atoms with van der Waals surface area (Å²) < 4.78 is 45.8. The molecule has 2 aliphatic carbocycles. The second kappa shape index (κ2) is 63.8. The van der Waals surface area contributed by atoms with E-state index in [0.717, 1.165) is 86.4 Å². The zero-order chi connectivity index (χ0) is 93.3. The molecule has 0 bridgehead atoms. The number of carbonyl (C=O) groups is 1. The summed E-state index contributed by atoms with van der Waals surface area (Å²) in [5.74, 6) is 10.3. The lowest BCUT2D eigenvalue weighted by Gasteiger charge is -2.22. The highest BCUT2D eigenvalue weighted by molar-refractivity contribution is 5.72. The van der Waals surface area contributed by atoms with E-state index in [9.17, 15) is 4.79 Å². The highest BCUT2D eigenvalue weighted by Crippen LogP contribution is 2.35. The van der Waals surface area contributed by atoms with Gasteiger partial charge >= 0.3 is 5.97 Å². The SMILES string of the molecule is CCC(C)C(=O)OC(C)(C)C.CCC(C)c1ccc(O)cc1.CCC(C)c1ccc(O)cc1.CCC(C)c1ccc(O)cc1.CCC(C)c1ccc(OC(C)OCCC2CCCCC2)cc1.CCC(C)c1ccc(OC(C)OCCOc2ccc(C3CCCCC3)cc2)cc1.CCC(C)c1ccc(OC(C)OCCc2ccccc2)cc1.CCC(C)c1ccccc1. The third-order valence-corrected chi connectivity index (χ3v) is 24.6. The molecule has 0 saturated heterocycles. The molecule has 0 aliphatic heterocycles. The Kier molecular flexibility index (Phi) is 55.4. The van der Waals surface area contributed by atoms with Gasteiger partial charge in [0.2, 0.25) is 0 Å². The van der Waals surface area contributed by atoms with Gasteiger partial charge in [0.1, 0.15) is 52.5 Å². The summed E-state index contributed by atoms with van der Waals surface area (Å²) in [6.07, 6.45) is 24.1. The van der Waals surface area contributed by atoms with Crippen LogP contribution in [0.1, 0.15) is 372 Å². The van der Waals surface area contributed by atoms with Crippen LogP contribution in [0, 0.1) is 11.8 Å². The first-order valence-corrected chi connectivity index (χ1v) is 48.5. The molecule has 0 heterocycles. The Morgan fingerprint density at radius 3 is 0.937 bits per heavy atom. The van der Waals surface area contributed by atoms with E-state index in [2.05, 4.69) is 212 Å². The summed E-state index contributed by atoms with van der Waals surface area (Å²) in [6.45, 7) is 48.8. The molecule has 12 heteroatoms. The highest BCUT2D eigenvalue weighted by Gasteiger charge is 2.21. The maximum atomic E-state index is 11.2. The molecule has 0 spiro atoms. The van der Waals surface area contributed by atoms with Crippen LogP contribution in [0.3, 0.4) is 0 Å². The van der Waals surface area contributed by atoms with Crippen LogP contribution >= 0.6 is 0 Å². The lowest BCUT2D eigenvalue weighted by Crippen LogP contribution is -2.27. The first kappa shape index (κ1) is 110. The number of phenolic OH excluding ortho intramolecular Hbond substituents is 3. The minimum Gasteiger partial charge on any atom is -0.508 e. The van der Waals surface area contributed by atoms with E-state index in [-0.39, 0.29) is 36.4 Å². The number of hydrogen-bond donors (Lipinski definition) is 3. The maximum Gasteiger partial charge on any atom is 0.309 e. The van der Waals surface area contributed by atoms with Crippen LogP contribution in [-0.4, -0.2) is 72.2 Å². The molecule has 9 aromatic carbocycles. The van der Waals surface area contributed by atoms with Crippen molar-refractivity contribution >= 4 is 5.97 Å². The third-order valence-electron chi connectivity index (χ3n) is 24.6. The molecule has 2 fully saturated rings. The van der Waals surface area contributed by atoms with Crippen molar-refractivity contribution in [2.75, 3.05) is 26.4 Å². The number of ether oxygens (including phenoxy) is 8. The Bertz CT molecular complexity index is 4030. The topological polar surface area (TPSA) is 152 Å². The molecule has 12 nitrogen and oxygen atoms in total. The van der Waals surface area contributed by atoms with E-state index in [0.29, 0.717) is 78.5 Å². The Balaban J connectivity index is 0.000000315. The van der Waals surface area contributed by atoms with Gasteiger partial charge in [-0.05, 0) is 307 Å². The van der Waals surface area contributed by atoms with E-state index >= 15 is 0 Å². The molecule has 11 rings (SSSR count). The molecule has 3 N–H and O–H groups in total. The van der Waals surface area contributed by atoms with Gasteiger partial charge in [0.05, 0.1) is 25.7 Å². The van der Waals surface area contributed by atoms with E-state index in [1.807, 2.05) is 134 Å². The lowest BCUT2D eigenvalue weighted by molar-refractivity contribution is -0.159. The second-order valence-electron chi connectivity index (χ2n) is 35.8. The smallest absolute Gasteiger partial charge is 0.309 e. The first-order chi connectivity index (χ1) is 60.9. The van der Waals surface area contributed by atoms with E-state index in [1.165, 1.54) is 134 Å². The van der Waals surface area contributed by atoms with Gasteiger partial charge in [0.25, 0.3) is 0 Å². The molecule has 11 unspecified atom stereocenters. The average Bonchev–Trinajstić information content (AvgIpc) is 0.870. The highest BCUT2D eigenvalue weighted by atomic mass is 16.7. The van der Waals surface area contributed by atoms with Crippen LogP contribution in [0.5, 0.6) is 40.2 Å². The molecule has 0 aromatic heterocycles. The normalized spacial score (nSPS) is 15.1. The van der Waals surface area contributed by atoms with Crippen LogP contribution in [0.15, 0.2) is 231 Å². The van der Waals surface area contributed by atoms with Crippen molar-refractivity contribution in [2.24, 2.45) is 11.8 Å². The number of benzene rings is 9. The van der Waals surface area contributed by atoms with Gasteiger partial charge in [-0.1, -0.05) is 308 Å². The van der Waals surface area contributed by atoms with Crippen molar-refractivity contribution in [2.45, 2.75) is 353 Å². The monoisotopic (exact) mass is 1740 g/mol. The number of esters is 1. The van der Waals surface area contributed by atoms with Gasteiger partial charge in [0.15, 0.2) is 18.9 Å². The third kappa shape index (κ3) is 47.2. The largest absolute Gasteiger partial charge is 0.508 e. The fourth-order valence-electron chi connectivity index (χ4n) is 14.2. The fraction of sp³-hybridized carbons (Fsp3) is 0.522. The molecule has 2 aliphatic rings. The number of hydrogen-bond acceptors (Lipinski definition) is 12. The summed E-state index contributed by atoms with van der Waals surface area (Å²) in [5, 5.41) is 27.0. The van der Waals surface area contributed by atoms with Crippen LogP contribution < -0.4 is 18.9 Å². The zero-order valence-electron chi connectivity index (χ0n) is 82.4. The number of phenols is 3. The predicted octanol–water partition coefficient (Wildman–Crippen LogP) is 32.5. The predicted molar refractivity (Wildman–Crippen MR) is 534 cm³/mol. The minimum atomic E-state index is -0.347. The Labute approximate surface area is 771 Å². The van der Waals surface area contributed by atoms with Crippen LogP contribution in [0.2, 0.25) is 0 Å². The quantitative estimate of drug-likeness (QED) is 0.0195. The van der Waals surface area contributed by atoms with E-state index in [1.54, 1.807) is 36.4 Å². The van der Waals surface area contributed by atoms with Crippen molar-refractivity contribution in [3.05, 3.63) is 281 Å². The van der Waals surface area contributed by atoms with Crippen LogP contribution in [-0.2, 0) is 30.2 Å². The number of aromatic hydroxyl groups is 3. The summed E-state index contributed by atoms with van der Waals surface area (Å²) in [7, 11) is 0. The molecular weight excluding hydrogens is 1570 g/mol. The Hall–Kier alpha value is -9.07. The molecular formula is C115H168O12. The molecule has 700 valence electrons. The van der Waals surface area contributed by atoms with Crippen molar-refractivity contribution < 1.29 is 58.0 Å². The van der Waals surface area contributed by atoms with E-state index in [4.69, 9.17) is 53.2 Å². The van der Waals surface area contributed by atoms with Crippen molar-refractivity contribution in [1.29, 1.82) is 0 Å². The van der Waals surface area contributed by atoms with Gasteiger partial charge in [0, 0.05) is 0 Å². The molecule has 2 saturated carbocycles. The molecule has 0 radical (unpaired) electrons. The second-order valence-corrected chi connectivity index (χ2v) is 35.8. The molecule has 127 heavy (non-hydrogen) atoms. The summed E-state index contributed by atoms with van der Waals surface area (Å²) >= 11 is 0. The summed E-state index contributed by atoms with van der Waals surface area (Å²) in [4.78, 5) is 11.2. The first-order valence-electron chi connectivity index (χ1n) is 48.5. The van der Waals surface area contributed by atoms with Crippen molar-refractivity contribution in [1.82, 2.24) is 0 Å². The maximum absolute atomic E-state index is 11.2. The zero-order valence-corrected chi connectivity index (χ0v) is 82.4. The van der Waals surface area contributed by atoms with Gasteiger partial charge < -0.3 is 53.2 Å². The molecule has 0 amide bonds. The van der Waals surface area contributed by atoms with Gasteiger partial charge in [-0.15, -0.1) is 0 Å². The average molecular weight is 1740 g/mol. The number of carbonyl (C=O) groups excluding carboxylic acids is 1. The van der Waals surface area contributed by atoms with Crippen LogP contribution in [0.25, 0.3) is 0 Å². The fourth-order valence-corrected chi connectivity index (χ4v) is 14.2. The van der Waals surface area contributed by atoms with Crippen LogP contribution in [0.4, 0.5) is 0 Å². The Morgan fingerprint density at radius 2 is 0.614 bits per heavy atom. The molecule has 9 aromatic rings. The Morgan fingerprint density at radius 1 is 0.323 bits per heavy atom. The van der Waals surface area contributed by atoms with E-state index < -0.39 is 0 Å². The standard InChI is InChI=1S/C26H36O3.C20H32O2.C20H26O2.3C10H14O.C10H14.C9H18O2/c1-4-20(2)22-10-16-26(17-11-22)29-21(3)27-18-19-28-25-14-12-24(13-15-25)23-8-6-5-7-9-23;2*1-4-16(2)19-10-12-20(13-11-19)22-17(3)21-15-14-18-8-6-5-7-9-18;3*1-3-8(2)9-4-6-10(11)7-5-9;1-3-9(2)10-7-5-4-6-8-10;1-6-7(2)8(10)11-9(3,4)5/h10-17,20-21,23H,4-9,18-19H2,1-3H3;10-13,16-18H,4-9,14-15H2,1-3H3;5-13,16-17H,4,14-15H2,1-3H3;3*4-8,11H,3H2,1-2H3;4-9H,3H2,1-2H3;7H,6H2,1-5H3. The van der Waals surface area contributed by atoms with Gasteiger partial charge in [-0.25, -0.2) is 0 Å². The van der Waals surface area contributed by atoms with Crippen molar-refractivity contribution in [3.63, 3.8) is 0 Å². The minimum absolute atomic E-state index is 0.0224. The van der Waals surface area contributed by atoms with Crippen molar-refractivity contribution in [3.8, 4) is 40.2 Å².